The zero-order valence-corrected chi connectivity index (χ0v) is 11.7. The Morgan fingerprint density at radius 3 is 2.86 bits per heavy atom. The van der Waals surface area contributed by atoms with Crippen LogP contribution >= 0.6 is 0 Å². The van der Waals surface area contributed by atoms with Gasteiger partial charge in [0, 0.05) is 12.5 Å². The molecule has 1 spiro atoms. The van der Waals surface area contributed by atoms with E-state index in [0.29, 0.717) is 17.6 Å². The minimum atomic E-state index is -1.14. The summed E-state index contributed by atoms with van der Waals surface area (Å²) in [5, 5.41) is 30.2. The van der Waals surface area contributed by atoms with Gasteiger partial charge in [0.15, 0.2) is 17.7 Å². The van der Waals surface area contributed by atoms with Crippen molar-refractivity contribution in [3.05, 3.63) is 12.7 Å². The first-order chi connectivity index (χ1) is 10.6. The van der Waals surface area contributed by atoms with Crippen molar-refractivity contribution in [3.63, 3.8) is 0 Å². The van der Waals surface area contributed by atoms with Crippen LogP contribution in [0.5, 0.6) is 0 Å². The van der Waals surface area contributed by atoms with Gasteiger partial charge >= 0.3 is 0 Å². The summed E-state index contributed by atoms with van der Waals surface area (Å²) in [5.74, 6) is 0.0556. The maximum Gasteiger partial charge on any atom is 0.167 e. The van der Waals surface area contributed by atoms with E-state index in [1.807, 2.05) is 0 Å². The summed E-state index contributed by atoms with van der Waals surface area (Å²) in [6.07, 6.45) is 1.08. The van der Waals surface area contributed by atoms with Gasteiger partial charge in [0.1, 0.15) is 29.7 Å². The van der Waals surface area contributed by atoms with Crippen molar-refractivity contribution in [2.24, 2.45) is 5.92 Å². The van der Waals surface area contributed by atoms with Gasteiger partial charge in [-0.15, -0.1) is 0 Å². The quantitative estimate of drug-likeness (QED) is 0.542. The summed E-state index contributed by atoms with van der Waals surface area (Å²) in [4.78, 5) is 12.1. The summed E-state index contributed by atoms with van der Waals surface area (Å²) < 4.78 is 7.51. The zero-order valence-electron chi connectivity index (χ0n) is 11.7. The second-order valence-corrected chi connectivity index (χ2v) is 5.90. The largest absolute Gasteiger partial charge is 0.396 e. The van der Waals surface area contributed by atoms with Crippen LogP contribution in [0.4, 0.5) is 5.82 Å². The lowest BCUT2D eigenvalue weighted by Gasteiger charge is -2.47. The molecule has 5 atom stereocenters. The molecule has 1 aliphatic carbocycles. The van der Waals surface area contributed by atoms with Crippen LogP contribution in [0.1, 0.15) is 19.1 Å². The molecule has 0 bridgehead atoms. The fraction of sp³-hybridized carbons (Fsp3) is 0.615. The van der Waals surface area contributed by atoms with Gasteiger partial charge in [0.05, 0.1) is 6.33 Å². The Kier molecular flexibility index (Phi) is 2.89. The molecular weight excluding hydrogens is 290 g/mol. The van der Waals surface area contributed by atoms with Crippen molar-refractivity contribution in [1.82, 2.24) is 19.5 Å². The highest BCUT2D eigenvalue weighted by molar-refractivity contribution is 5.81. The number of hydrogen-bond donors (Lipinski definition) is 4. The zero-order chi connectivity index (χ0) is 15.5. The molecule has 1 saturated heterocycles. The first-order valence-corrected chi connectivity index (χ1v) is 7.16. The van der Waals surface area contributed by atoms with Crippen molar-refractivity contribution in [3.8, 4) is 0 Å². The number of ether oxygens (including phenoxy) is 1. The fourth-order valence-corrected chi connectivity index (χ4v) is 3.51. The number of aliphatic hydroxyl groups excluding tert-OH is 3. The normalized spacial score (nSPS) is 37.8. The summed E-state index contributed by atoms with van der Waals surface area (Å²) in [7, 11) is 0. The van der Waals surface area contributed by atoms with Crippen LogP contribution in [0, 0.1) is 5.92 Å². The van der Waals surface area contributed by atoms with Crippen molar-refractivity contribution in [2.45, 2.75) is 36.9 Å². The molecule has 0 amide bonds. The Morgan fingerprint density at radius 2 is 2.18 bits per heavy atom. The predicted molar refractivity (Wildman–Crippen MR) is 74.4 cm³/mol. The molecule has 2 aromatic rings. The summed E-state index contributed by atoms with van der Waals surface area (Å²) in [6.45, 7) is -0.0870. The molecule has 3 heterocycles. The minimum absolute atomic E-state index is 0.0870. The van der Waals surface area contributed by atoms with Gasteiger partial charge in [-0.25, -0.2) is 15.0 Å². The number of rotatable bonds is 2. The molecule has 4 rings (SSSR count). The highest BCUT2D eigenvalue weighted by atomic mass is 16.6. The number of imidazole rings is 1. The first-order valence-electron chi connectivity index (χ1n) is 7.16. The van der Waals surface area contributed by atoms with E-state index in [-0.39, 0.29) is 18.3 Å². The van der Waals surface area contributed by atoms with Crippen LogP contribution in [-0.4, -0.2) is 59.3 Å². The number of nitrogens with zero attached hydrogens (tertiary/aromatic N) is 4. The van der Waals surface area contributed by atoms with Gasteiger partial charge in [-0.05, 0) is 12.8 Å². The van der Waals surface area contributed by atoms with Crippen molar-refractivity contribution in [1.29, 1.82) is 0 Å². The van der Waals surface area contributed by atoms with Gasteiger partial charge in [0.25, 0.3) is 0 Å². The van der Waals surface area contributed by atoms with E-state index in [0.717, 1.165) is 6.42 Å². The maximum atomic E-state index is 10.4. The van der Waals surface area contributed by atoms with Gasteiger partial charge in [-0.3, -0.25) is 4.57 Å². The summed E-state index contributed by atoms with van der Waals surface area (Å²) >= 11 is 0. The molecule has 1 aliphatic heterocycles. The molecule has 22 heavy (non-hydrogen) atoms. The third-order valence-corrected chi connectivity index (χ3v) is 4.91. The Morgan fingerprint density at radius 1 is 1.36 bits per heavy atom. The first kappa shape index (κ1) is 13.8. The molecule has 2 fully saturated rings. The Labute approximate surface area is 125 Å². The highest BCUT2D eigenvalue weighted by Crippen LogP contribution is 2.52. The van der Waals surface area contributed by atoms with Crippen LogP contribution in [0.25, 0.3) is 11.2 Å². The van der Waals surface area contributed by atoms with E-state index in [9.17, 15) is 15.3 Å². The highest BCUT2D eigenvalue weighted by Gasteiger charge is 2.62. The molecule has 1 saturated carbocycles. The van der Waals surface area contributed by atoms with Crippen LogP contribution in [0.2, 0.25) is 0 Å². The van der Waals surface area contributed by atoms with Gasteiger partial charge in [-0.1, -0.05) is 0 Å². The van der Waals surface area contributed by atoms with E-state index in [2.05, 4.69) is 15.0 Å². The van der Waals surface area contributed by atoms with E-state index in [4.69, 9.17) is 10.5 Å². The van der Waals surface area contributed by atoms with Crippen LogP contribution < -0.4 is 5.73 Å². The van der Waals surface area contributed by atoms with Gasteiger partial charge < -0.3 is 25.8 Å². The molecule has 9 nitrogen and oxygen atoms in total. The minimum Gasteiger partial charge on any atom is -0.396 e. The predicted octanol–water partition coefficient (Wildman–Crippen LogP) is -1.20. The summed E-state index contributed by atoms with van der Waals surface area (Å²) in [5.41, 5.74) is 5.69. The monoisotopic (exact) mass is 307 g/mol. The summed E-state index contributed by atoms with van der Waals surface area (Å²) in [6, 6.07) is 0. The third-order valence-electron chi connectivity index (χ3n) is 4.91. The average molecular weight is 307 g/mol. The van der Waals surface area contributed by atoms with Crippen LogP contribution in [-0.2, 0) is 4.74 Å². The average Bonchev–Trinajstić information content (AvgIpc) is 3.02. The van der Waals surface area contributed by atoms with Crippen molar-refractivity contribution < 1.29 is 20.1 Å². The molecule has 0 radical (unpaired) electrons. The van der Waals surface area contributed by atoms with E-state index < -0.39 is 24.0 Å². The number of nitrogen functional groups attached to an aromatic ring is 1. The van der Waals surface area contributed by atoms with Crippen molar-refractivity contribution in [2.75, 3.05) is 12.3 Å². The van der Waals surface area contributed by atoms with Crippen LogP contribution in [0.3, 0.4) is 0 Å². The number of fused-ring (bicyclic) bond motifs is 1. The number of aromatic nitrogens is 4. The Balaban J connectivity index is 1.75. The topological polar surface area (TPSA) is 140 Å². The second-order valence-electron chi connectivity index (χ2n) is 5.90. The standard InChI is InChI=1S/C13H17N5O4/c14-10-7-11(16-4-15-10)18(5-17-7)12-8(20)9(21)13(22-12)2-1-6(13)3-19/h4-6,8-9,12,19-21H,1-3H2,(H2,14,15,16)/t6-,8?,9-,12-,13-/m1/s1. The number of nitrogens with two attached hydrogens (primary N) is 1. The molecule has 0 aromatic carbocycles. The smallest absolute Gasteiger partial charge is 0.167 e. The molecule has 1 unspecified atom stereocenters. The number of aliphatic hydroxyl groups is 3. The third kappa shape index (κ3) is 1.59. The lowest BCUT2D eigenvalue weighted by Crippen LogP contribution is -2.57. The van der Waals surface area contributed by atoms with Gasteiger partial charge in [-0.2, -0.15) is 0 Å². The lowest BCUT2D eigenvalue weighted by molar-refractivity contribution is -0.194. The second kappa shape index (κ2) is 4.59. The van der Waals surface area contributed by atoms with Crippen LogP contribution in [0.15, 0.2) is 12.7 Å². The number of hydrogen-bond acceptors (Lipinski definition) is 8. The van der Waals surface area contributed by atoms with Crippen molar-refractivity contribution >= 4 is 17.0 Å². The van der Waals surface area contributed by atoms with E-state index in [1.165, 1.54) is 12.7 Å². The SMILES string of the molecule is Nc1ncnc2c1ncn2[C@@H]1O[C@@]2(CC[C@@H]2CO)[C@H](O)C1O. The van der Waals surface area contributed by atoms with E-state index >= 15 is 0 Å². The maximum absolute atomic E-state index is 10.4. The Hall–Kier alpha value is -1.81. The molecule has 2 aliphatic rings. The molecule has 118 valence electrons. The van der Waals surface area contributed by atoms with E-state index in [1.54, 1.807) is 4.57 Å². The molecule has 9 heteroatoms. The lowest BCUT2D eigenvalue weighted by atomic mass is 9.66. The Bertz CT molecular complexity index is 720. The number of anilines is 1. The van der Waals surface area contributed by atoms with Gasteiger partial charge in [0.2, 0.25) is 0 Å². The molecule has 5 N–H and O–H groups in total. The molecular formula is C13H17N5O4. The fourth-order valence-electron chi connectivity index (χ4n) is 3.51. The molecule has 2 aromatic heterocycles.